The van der Waals surface area contributed by atoms with Crippen molar-refractivity contribution in [3.8, 4) is 0 Å². The Hall–Kier alpha value is -1.92. The van der Waals surface area contributed by atoms with Crippen LogP contribution in [0.5, 0.6) is 0 Å². The number of thiophene rings is 1. The van der Waals surface area contributed by atoms with E-state index < -0.39 is 0 Å². The lowest BCUT2D eigenvalue weighted by molar-refractivity contribution is 0.302. The maximum absolute atomic E-state index is 13.0. The third-order valence-corrected chi connectivity index (χ3v) is 4.61. The quantitative estimate of drug-likeness (QED) is 0.596. The van der Waals surface area contributed by atoms with Crippen LogP contribution in [0.25, 0.3) is 0 Å². The second-order valence-corrected chi connectivity index (χ2v) is 6.68. The first-order valence-electron chi connectivity index (χ1n) is 8.06. The van der Waals surface area contributed by atoms with Crippen LogP contribution in [0.1, 0.15) is 23.4 Å². The van der Waals surface area contributed by atoms with Crippen molar-refractivity contribution in [3.05, 3.63) is 58.0 Å². The van der Waals surface area contributed by atoms with E-state index in [9.17, 15) is 4.39 Å². The zero-order valence-corrected chi connectivity index (χ0v) is 15.2. The Bertz CT molecular complexity index is 623. The Morgan fingerprint density at radius 3 is 2.54 bits per heavy atom. The molecule has 24 heavy (non-hydrogen) atoms. The van der Waals surface area contributed by atoms with Gasteiger partial charge in [0.05, 0.1) is 12.6 Å². The van der Waals surface area contributed by atoms with E-state index in [1.54, 1.807) is 23.5 Å². The van der Waals surface area contributed by atoms with Gasteiger partial charge in [-0.15, -0.1) is 11.3 Å². The van der Waals surface area contributed by atoms with Crippen LogP contribution in [-0.4, -0.2) is 38.0 Å². The van der Waals surface area contributed by atoms with Crippen molar-refractivity contribution in [2.45, 2.75) is 19.5 Å². The highest BCUT2D eigenvalue weighted by Crippen LogP contribution is 2.22. The molecule has 6 heteroatoms. The van der Waals surface area contributed by atoms with Crippen molar-refractivity contribution in [2.75, 3.05) is 27.2 Å². The van der Waals surface area contributed by atoms with Gasteiger partial charge < -0.3 is 15.5 Å². The zero-order valence-electron chi connectivity index (χ0n) is 14.4. The first-order chi connectivity index (χ1) is 11.6. The van der Waals surface area contributed by atoms with Crippen molar-refractivity contribution in [1.82, 2.24) is 15.5 Å². The van der Waals surface area contributed by atoms with Gasteiger partial charge in [0.25, 0.3) is 0 Å². The second-order valence-electron chi connectivity index (χ2n) is 5.70. The normalized spacial score (nSPS) is 13.1. The summed E-state index contributed by atoms with van der Waals surface area (Å²) >= 11 is 1.76. The molecule has 1 aromatic carbocycles. The molecule has 1 heterocycles. The summed E-state index contributed by atoms with van der Waals surface area (Å²) in [7, 11) is 4.16. The Labute approximate surface area is 147 Å². The lowest BCUT2D eigenvalue weighted by atomic mass is 10.2. The molecule has 0 fully saturated rings. The van der Waals surface area contributed by atoms with Gasteiger partial charge in [-0.3, -0.25) is 0 Å². The van der Waals surface area contributed by atoms with E-state index in [-0.39, 0.29) is 5.82 Å². The molecular formula is C18H25FN4S. The predicted octanol–water partition coefficient (Wildman–Crippen LogP) is 3.25. The molecule has 0 aliphatic rings. The van der Waals surface area contributed by atoms with Crippen LogP contribution in [0, 0.1) is 5.82 Å². The predicted molar refractivity (Wildman–Crippen MR) is 100.0 cm³/mol. The molecule has 2 N–H and O–H groups in total. The standard InChI is InChI=1S/C18H25FN4S/c1-4-20-18(21-12-14-7-9-15(19)10-8-14)22-13-16(23(2)3)17-6-5-11-24-17/h5-11,16H,4,12-13H2,1-3H3,(H2,20,21,22). The maximum Gasteiger partial charge on any atom is 0.191 e. The third-order valence-electron chi connectivity index (χ3n) is 3.64. The molecule has 0 saturated carbocycles. The first kappa shape index (κ1) is 18.4. The summed E-state index contributed by atoms with van der Waals surface area (Å²) in [5, 5.41) is 8.75. The molecule has 0 amide bonds. The van der Waals surface area contributed by atoms with E-state index in [0.717, 1.165) is 24.6 Å². The van der Waals surface area contributed by atoms with Crippen molar-refractivity contribution in [3.63, 3.8) is 0 Å². The summed E-state index contributed by atoms with van der Waals surface area (Å²) in [6, 6.07) is 11.0. The number of halogens is 1. The van der Waals surface area contributed by atoms with Gasteiger partial charge in [-0.1, -0.05) is 18.2 Å². The molecule has 1 unspecified atom stereocenters. The molecule has 130 valence electrons. The highest BCUT2D eigenvalue weighted by molar-refractivity contribution is 7.10. The van der Waals surface area contributed by atoms with Crippen molar-refractivity contribution in [2.24, 2.45) is 4.99 Å². The number of hydrogen-bond donors (Lipinski definition) is 2. The highest BCUT2D eigenvalue weighted by atomic mass is 32.1. The lowest BCUT2D eigenvalue weighted by Crippen LogP contribution is -2.41. The van der Waals surface area contributed by atoms with Gasteiger partial charge in [0.15, 0.2) is 5.96 Å². The fourth-order valence-corrected chi connectivity index (χ4v) is 3.24. The first-order valence-corrected chi connectivity index (χ1v) is 8.94. The van der Waals surface area contributed by atoms with Crippen molar-refractivity contribution >= 4 is 17.3 Å². The van der Waals surface area contributed by atoms with Gasteiger partial charge in [-0.05, 0) is 50.2 Å². The molecule has 4 nitrogen and oxygen atoms in total. The second kappa shape index (κ2) is 9.39. The van der Waals surface area contributed by atoms with Crippen LogP contribution in [-0.2, 0) is 6.54 Å². The van der Waals surface area contributed by atoms with E-state index in [0.29, 0.717) is 12.6 Å². The summed E-state index contributed by atoms with van der Waals surface area (Å²) in [6.45, 7) is 4.11. The fourth-order valence-electron chi connectivity index (χ4n) is 2.31. The molecule has 0 aliphatic heterocycles. The van der Waals surface area contributed by atoms with E-state index in [1.165, 1.54) is 17.0 Å². The van der Waals surface area contributed by atoms with Crippen molar-refractivity contribution < 1.29 is 4.39 Å². The SMILES string of the molecule is CCNC(=NCc1ccc(F)cc1)NCC(c1cccs1)N(C)C. The zero-order chi connectivity index (χ0) is 17.4. The number of nitrogens with zero attached hydrogens (tertiary/aromatic N) is 2. The van der Waals surface area contributed by atoms with E-state index in [2.05, 4.69) is 52.1 Å². The maximum atomic E-state index is 13.0. The lowest BCUT2D eigenvalue weighted by Gasteiger charge is -2.24. The molecule has 0 radical (unpaired) electrons. The van der Waals surface area contributed by atoms with Gasteiger partial charge in [0.2, 0.25) is 0 Å². The van der Waals surface area contributed by atoms with Gasteiger partial charge in [0.1, 0.15) is 5.82 Å². The van der Waals surface area contributed by atoms with Gasteiger partial charge in [0, 0.05) is 18.0 Å². The number of benzene rings is 1. The number of likely N-dealkylation sites (N-methyl/N-ethyl adjacent to an activating group) is 1. The van der Waals surface area contributed by atoms with Crippen LogP contribution in [0.4, 0.5) is 4.39 Å². The minimum absolute atomic E-state index is 0.225. The Morgan fingerprint density at radius 2 is 1.96 bits per heavy atom. The molecule has 2 rings (SSSR count). The highest BCUT2D eigenvalue weighted by Gasteiger charge is 2.15. The van der Waals surface area contributed by atoms with Crippen LogP contribution >= 0.6 is 11.3 Å². The van der Waals surface area contributed by atoms with Gasteiger partial charge in [-0.2, -0.15) is 0 Å². The minimum atomic E-state index is -0.225. The molecule has 0 spiro atoms. The molecular weight excluding hydrogens is 323 g/mol. The summed E-state index contributed by atoms with van der Waals surface area (Å²) in [6.07, 6.45) is 0. The van der Waals surface area contributed by atoms with Crippen LogP contribution < -0.4 is 10.6 Å². The Morgan fingerprint density at radius 1 is 1.21 bits per heavy atom. The third kappa shape index (κ3) is 5.62. The number of guanidine groups is 1. The molecule has 0 bridgehead atoms. The minimum Gasteiger partial charge on any atom is -0.357 e. The van der Waals surface area contributed by atoms with E-state index in [4.69, 9.17) is 0 Å². The number of rotatable bonds is 7. The largest absolute Gasteiger partial charge is 0.357 e. The molecule has 2 aromatic rings. The summed E-state index contributed by atoms with van der Waals surface area (Å²) < 4.78 is 13.0. The molecule has 1 aromatic heterocycles. The summed E-state index contributed by atoms with van der Waals surface area (Å²) in [5.74, 6) is 0.544. The van der Waals surface area contributed by atoms with Gasteiger partial charge >= 0.3 is 0 Å². The smallest absolute Gasteiger partial charge is 0.191 e. The summed E-state index contributed by atoms with van der Waals surface area (Å²) in [5.41, 5.74) is 0.982. The van der Waals surface area contributed by atoms with Crippen LogP contribution in [0.2, 0.25) is 0 Å². The van der Waals surface area contributed by atoms with Crippen LogP contribution in [0.15, 0.2) is 46.8 Å². The van der Waals surface area contributed by atoms with E-state index in [1.807, 2.05) is 6.92 Å². The van der Waals surface area contributed by atoms with E-state index >= 15 is 0 Å². The number of hydrogen-bond acceptors (Lipinski definition) is 3. The molecule has 1 atom stereocenters. The average molecular weight is 348 g/mol. The average Bonchev–Trinajstić information content (AvgIpc) is 3.08. The van der Waals surface area contributed by atoms with Crippen molar-refractivity contribution in [1.29, 1.82) is 0 Å². The topological polar surface area (TPSA) is 39.7 Å². The van der Waals surface area contributed by atoms with Crippen LogP contribution in [0.3, 0.4) is 0 Å². The monoisotopic (exact) mass is 348 g/mol. The summed E-state index contributed by atoms with van der Waals surface area (Å²) in [4.78, 5) is 8.10. The molecule has 0 saturated heterocycles. The Balaban J connectivity index is 1.99. The van der Waals surface area contributed by atoms with Gasteiger partial charge in [-0.25, -0.2) is 9.38 Å². The Kier molecular flexibility index (Phi) is 7.21. The fraction of sp³-hybridized carbons (Fsp3) is 0.389. The number of aliphatic imine (C=N–C) groups is 1. The number of nitrogens with one attached hydrogen (secondary N) is 2. The molecule has 0 aliphatic carbocycles.